The lowest BCUT2D eigenvalue weighted by molar-refractivity contribution is 0.208. The fourth-order valence-corrected chi connectivity index (χ4v) is 2.78. The van der Waals surface area contributed by atoms with E-state index in [9.17, 15) is 0 Å². The molecule has 0 unspecified atom stereocenters. The number of ether oxygens (including phenoxy) is 1. The van der Waals surface area contributed by atoms with Crippen LogP contribution >= 0.6 is 11.3 Å². The van der Waals surface area contributed by atoms with Crippen LogP contribution in [-0.4, -0.2) is 50.8 Å². The van der Waals surface area contributed by atoms with Crippen LogP contribution in [-0.2, 0) is 4.74 Å². The molecule has 0 radical (unpaired) electrons. The fraction of sp³-hybridized carbons (Fsp3) is 0.467. The van der Waals surface area contributed by atoms with E-state index in [-0.39, 0.29) is 0 Å². The largest absolute Gasteiger partial charge is 0.383 e. The number of nitrogens with zero attached hydrogens (tertiary/aromatic N) is 2. The van der Waals surface area contributed by atoms with Gasteiger partial charge in [-0.3, -0.25) is 4.99 Å². The average molecular weight is 321 g/mol. The molecule has 2 rings (SSSR count). The molecule has 0 aliphatic rings. The molecule has 0 atom stereocenters. The van der Waals surface area contributed by atoms with E-state index in [1.54, 1.807) is 18.4 Å². The lowest BCUT2D eigenvalue weighted by Gasteiger charge is -2.11. The van der Waals surface area contributed by atoms with Crippen molar-refractivity contribution in [2.75, 3.05) is 45.2 Å². The second-order valence-corrected chi connectivity index (χ2v) is 5.62. The third kappa shape index (κ3) is 5.16. The number of nitrogens with one attached hydrogen (secondary N) is 3. The minimum absolute atomic E-state index is 0.626. The van der Waals surface area contributed by atoms with Gasteiger partial charge in [-0.2, -0.15) is 0 Å². The highest BCUT2D eigenvalue weighted by Crippen LogP contribution is 2.24. The van der Waals surface area contributed by atoms with Gasteiger partial charge >= 0.3 is 0 Å². The minimum Gasteiger partial charge on any atom is -0.383 e. The third-order valence-electron chi connectivity index (χ3n) is 2.90. The molecule has 0 fully saturated rings. The second-order valence-electron chi connectivity index (χ2n) is 4.59. The van der Waals surface area contributed by atoms with Crippen LogP contribution in [0, 0.1) is 0 Å². The number of anilines is 1. The molecule has 0 saturated heterocycles. The Morgan fingerprint density at radius 2 is 2.14 bits per heavy atom. The van der Waals surface area contributed by atoms with Gasteiger partial charge in [0, 0.05) is 26.7 Å². The number of para-hydroxylation sites is 1. The number of hydrogen-bond acceptors (Lipinski definition) is 5. The first-order valence-corrected chi connectivity index (χ1v) is 8.25. The van der Waals surface area contributed by atoms with E-state index in [4.69, 9.17) is 4.74 Å². The summed E-state index contributed by atoms with van der Waals surface area (Å²) in [5.41, 5.74) is 1.04. The summed E-state index contributed by atoms with van der Waals surface area (Å²) in [5, 5.41) is 10.8. The number of thiazole rings is 1. The zero-order valence-corrected chi connectivity index (χ0v) is 13.9. The molecule has 3 N–H and O–H groups in total. The zero-order valence-electron chi connectivity index (χ0n) is 13.1. The van der Waals surface area contributed by atoms with E-state index in [1.165, 1.54) is 4.70 Å². The van der Waals surface area contributed by atoms with Gasteiger partial charge in [-0.1, -0.05) is 23.5 Å². The molecule has 6 nitrogen and oxygen atoms in total. The number of benzene rings is 1. The van der Waals surface area contributed by atoms with Gasteiger partial charge in [-0.05, 0) is 19.1 Å². The molecule has 0 spiro atoms. The molecule has 2 aromatic rings. The average Bonchev–Trinajstić information content (AvgIpc) is 2.94. The number of fused-ring (bicyclic) bond motifs is 1. The van der Waals surface area contributed by atoms with Gasteiger partial charge in [0.05, 0.1) is 23.4 Å². The van der Waals surface area contributed by atoms with Crippen LogP contribution < -0.4 is 16.0 Å². The Morgan fingerprint density at radius 3 is 2.91 bits per heavy atom. The summed E-state index contributed by atoms with van der Waals surface area (Å²) in [5.74, 6) is 0.811. The van der Waals surface area contributed by atoms with Gasteiger partial charge < -0.3 is 20.7 Å². The van der Waals surface area contributed by atoms with Crippen molar-refractivity contribution in [3.05, 3.63) is 24.3 Å². The molecule has 120 valence electrons. The van der Waals surface area contributed by atoms with E-state index in [2.05, 4.69) is 32.0 Å². The van der Waals surface area contributed by atoms with E-state index >= 15 is 0 Å². The molecule has 0 saturated carbocycles. The van der Waals surface area contributed by atoms with Crippen molar-refractivity contribution >= 4 is 32.6 Å². The summed E-state index contributed by atoms with van der Waals surface area (Å²) in [6.45, 7) is 5.72. The Labute approximate surface area is 135 Å². The topological polar surface area (TPSA) is 70.6 Å². The Morgan fingerprint density at radius 1 is 1.27 bits per heavy atom. The quantitative estimate of drug-likeness (QED) is 0.394. The van der Waals surface area contributed by atoms with E-state index in [0.29, 0.717) is 13.2 Å². The van der Waals surface area contributed by atoms with E-state index in [1.807, 2.05) is 25.1 Å². The first-order chi connectivity index (χ1) is 10.8. The number of hydrogen-bond donors (Lipinski definition) is 3. The van der Waals surface area contributed by atoms with E-state index < -0.39 is 0 Å². The molecule has 1 aromatic heterocycles. The molecule has 0 amide bonds. The van der Waals surface area contributed by atoms with Crippen molar-refractivity contribution in [2.24, 2.45) is 4.99 Å². The fourth-order valence-electron chi connectivity index (χ4n) is 1.89. The molecule has 0 bridgehead atoms. The number of methoxy groups -OCH3 is 1. The lowest BCUT2D eigenvalue weighted by atomic mass is 10.3. The number of aromatic nitrogens is 1. The summed E-state index contributed by atoms with van der Waals surface area (Å²) in [4.78, 5) is 8.95. The summed E-state index contributed by atoms with van der Waals surface area (Å²) < 4.78 is 6.20. The van der Waals surface area contributed by atoms with Gasteiger partial charge in [0.25, 0.3) is 0 Å². The molecule has 0 aliphatic carbocycles. The SMILES string of the molecule is CCNC(=NCCOC)NCCNc1nc2ccccc2s1. The van der Waals surface area contributed by atoms with Crippen molar-refractivity contribution < 1.29 is 4.74 Å². The Balaban J connectivity index is 1.75. The monoisotopic (exact) mass is 321 g/mol. The van der Waals surface area contributed by atoms with Crippen LogP contribution in [0.15, 0.2) is 29.3 Å². The predicted octanol–water partition coefficient (Wildman–Crippen LogP) is 1.91. The van der Waals surface area contributed by atoms with Crippen LogP contribution in [0.5, 0.6) is 0 Å². The molecule has 0 aliphatic heterocycles. The standard InChI is InChI=1S/C15H23N5OS/c1-3-16-14(18-10-11-21-2)17-8-9-19-15-20-12-6-4-5-7-13(12)22-15/h4-7H,3,8-11H2,1-2H3,(H,19,20)(H2,16,17,18). The van der Waals surface area contributed by atoms with Gasteiger partial charge in [-0.25, -0.2) is 4.98 Å². The maximum atomic E-state index is 5.00. The summed E-state index contributed by atoms with van der Waals surface area (Å²) in [6.07, 6.45) is 0. The Kier molecular flexibility index (Phi) is 6.92. The van der Waals surface area contributed by atoms with Crippen molar-refractivity contribution in [2.45, 2.75) is 6.92 Å². The van der Waals surface area contributed by atoms with Gasteiger partial charge in [0.2, 0.25) is 0 Å². The van der Waals surface area contributed by atoms with Gasteiger partial charge in [0.15, 0.2) is 11.1 Å². The molecule has 1 aromatic carbocycles. The van der Waals surface area contributed by atoms with Crippen LogP contribution in [0.4, 0.5) is 5.13 Å². The van der Waals surface area contributed by atoms with Gasteiger partial charge in [-0.15, -0.1) is 0 Å². The molecule has 7 heteroatoms. The highest BCUT2D eigenvalue weighted by atomic mass is 32.1. The number of aliphatic imine (C=N–C) groups is 1. The molecular weight excluding hydrogens is 298 g/mol. The smallest absolute Gasteiger partial charge is 0.191 e. The van der Waals surface area contributed by atoms with Crippen LogP contribution in [0.25, 0.3) is 10.2 Å². The minimum atomic E-state index is 0.626. The van der Waals surface area contributed by atoms with Crippen LogP contribution in [0.1, 0.15) is 6.92 Å². The molecule has 22 heavy (non-hydrogen) atoms. The highest BCUT2D eigenvalue weighted by molar-refractivity contribution is 7.22. The second kappa shape index (κ2) is 9.22. The molecular formula is C15H23N5OS. The maximum absolute atomic E-state index is 5.00. The zero-order chi connectivity index (χ0) is 15.6. The predicted molar refractivity (Wildman–Crippen MR) is 94.0 cm³/mol. The summed E-state index contributed by atoms with van der Waals surface area (Å²) >= 11 is 1.67. The van der Waals surface area contributed by atoms with Gasteiger partial charge in [0.1, 0.15) is 0 Å². The van der Waals surface area contributed by atoms with Crippen LogP contribution in [0.2, 0.25) is 0 Å². The number of guanidine groups is 1. The first kappa shape index (κ1) is 16.5. The van der Waals surface area contributed by atoms with Crippen molar-refractivity contribution in [3.63, 3.8) is 0 Å². The summed E-state index contributed by atoms with van der Waals surface area (Å²) in [6, 6.07) is 8.15. The van der Waals surface area contributed by atoms with E-state index in [0.717, 1.165) is 36.2 Å². The van der Waals surface area contributed by atoms with Crippen molar-refractivity contribution in [1.29, 1.82) is 0 Å². The van der Waals surface area contributed by atoms with Crippen molar-refractivity contribution in [1.82, 2.24) is 15.6 Å². The Hall–Kier alpha value is -1.86. The maximum Gasteiger partial charge on any atom is 0.191 e. The molecule has 1 heterocycles. The lowest BCUT2D eigenvalue weighted by Crippen LogP contribution is -2.39. The van der Waals surface area contributed by atoms with Crippen LogP contribution in [0.3, 0.4) is 0 Å². The third-order valence-corrected chi connectivity index (χ3v) is 3.89. The first-order valence-electron chi connectivity index (χ1n) is 7.44. The summed E-state index contributed by atoms with van der Waals surface area (Å²) in [7, 11) is 1.68. The normalized spacial score (nSPS) is 11.6. The highest BCUT2D eigenvalue weighted by Gasteiger charge is 2.02. The Bertz CT molecular complexity index is 565. The van der Waals surface area contributed by atoms with Crippen molar-refractivity contribution in [3.8, 4) is 0 Å². The number of rotatable bonds is 8.